The number of carbonyl (C=O) groups excluding carboxylic acids is 1. The van der Waals surface area contributed by atoms with E-state index in [1.807, 2.05) is 19.0 Å². The molecule has 0 bridgehead atoms. The predicted octanol–water partition coefficient (Wildman–Crippen LogP) is 1.64. The largest absolute Gasteiger partial charge is 0.495 e. The summed E-state index contributed by atoms with van der Waals surface area (Å²) in [5, 5.41) is 3.25. The molecule has 0 radical (unpaired) electrons. The van der Waals surface area contributed by atoms with E-state index in [9.17, 15) is 4.79 Å². The third-order valence-electron chi connectivity index (χ3n) is 2.26. The molecular formula is C12H17ClN2O2. The van der Waals surface area contributed by atoms with Crippen molar-refractivity contribution in [2.75, 3.05) is 34.3 Å². The molecule has 0 heterocycles. The van der Waals surface area contributed by atoms with Crippen molar-refractivity contribution in [1.29, 1.82) is 0 Å². The Hall–Kier alpha value is -1.26. The third kappa shape index (κ3) is 4.24. The molecule has 4 nitrogen and oxygen atoms in total. The second kappa shape index (κ2) is 6.47. The maximum Gasteiger partial charge on any atom is 0.251 e. The van der Waals surface area contributed by atoms with E-state index >= 15 is 0 Å². The number of nitrogens with one attached hydrogen (secondary N) is 1. The molecule has 0 saturated heterocycles. The van der Waals surface area contributed by atoms with Crippen molar-refractivity contribution < 1.29 is 9.53 Å². The van der Waals surface area contributed by atoms with Gasteiger partial charge in [0.05, 0.1) is 12.1 Å². The summed E-state index contributed by atoms with van der Waals surface area (Å²) in [5.41, 5.74) is 0.537. The molecule has 1 N–H and O–H groups in total. The lowest BCUT2D eigenvalue weighted by atomic mass is 10.2. The number of ether oxygens (including phenoxy) is 1. The second-order valence-electron chi connectivity index (χ2n) is 3.91. The summed E-state index contributed by atoms with van der Waals surface area (Å²) in [6.07, 6.45) is 0. The zero-order chi connectivity index (χ0) is 12.8. The van der Waals surface area contributed by atoms with E-state index in [-0.39, 0.29) is 5.91 Å². The second-order valence-corrected chi connectivity index (χ2v) is 4.32. The first-order chi connectivity index (χ1) is 8.04. The third-order valence-corrected chi connectivity index (χ3v) is 2.55. The number of benzene rings is 1. The van der Waals surface area contributed by atoms with Gasteiger partial charge in [0.15, 0.2) is 0 Å². The van der Waals surface area contributed by atoms with E-state index in [4.69, 9.17) is 16.3 Å². The lowest BCUT2D eigenvalue weighted by molar-refractivity contribution is 0.0951. The monoisotopic (exact) mass is 256 g/mol. The first-order valence-corrected chi connectivity index (χ1v) is 5.69. The molecule has 1 aromatic carbocycles. The number of likely N-dealkylation sites (N-methyl/N-ethyl adjacent to an activating group) is 1. The summed E-state index contributed by atoms with van der Waals surface area (Å²) in [7, 11) is 5.45. The van der Waals surface area contributed by atoms with Crippen LogP contribution in [-0.2, 0) is 0 Å². The minimum atomic E-state index is -0.128. The standard InChI is InChI=1S/C12H17ClN2O2/c1-15(2)7-6-14-12(16)9-4-5-11(17-3)10(13)8-9/h4-5,8H,6-7H2,1-3H3,(H,14,16). The fraction of sp³-hybridized carbons (Fsp3) is 0.417. The number of amides is 1. The molecule has 1 amide bonds. The molecule has 0 aliphatic rings. The topological polar surface area (TPSA) is 41.6 Å². The van der Waals surface area contributed by atoms with Gasteiger partial charge in [-0.15, -0.1) is 0 Å². The molecule has 0 aliphatic heterocycles. The van der Waals surface area contributed by atoms with Crippen LogP contribution >= 0.6 is 11.6 Å². The Morgan fingerprint density at radius 2 is 2.18 bits per heavy atom. The lowest BCUT2D eigenvalue weighted by Crippen LogP contribution is -2.31. The molecule has 17 heavy (non-hydrogen) atoms. The molecule has 0 spiro atoms. The highest BCUT2D eigenvalue weighted by Gasteiger charge is 2.08. The summed E-state index contributed by atoms with van der Waals surface area (Å²) in [5.74, 6) is 0.438. The SMILES string of the molecule is COc1ccc(C(=O)NCCN(C)C)cc1Cl. The van der Waals surface area contributed by atoms with Crippen LogP contribution < -0.4 is 10.1 Å². The minimum Gasteiger partial charge on any atom is -0.495 e. The molecule has 0 unspecified atom stereocenters. The van der Waals surface area contributed by atoms with Gasteiger partial charge in [-0.1, -0.05) is 11.6 Å². The molecule has 1 rings (SSSR count). The quantitative estimate of drug-likeness (QED) is 0.871. The fourth-order valence-electron chi connectivity index (χ4n) is 1.30. The number of nitrogens with zero attached hydrogens (tertiary/aromatic N) is 1. The first kappa shape index (κ1) is 13.8. The highest BCUT2D eigenvalue weighted by molar-refractivity contribution is 6.32. The Bertz CT molecular complexity index is 394. The van der Waals surface area contributed by atoms with Gasteiger partial charge < -0.3 is 15.0 Å². The molecule has 0 aliphatic carbocycles. The van der Waals surface area contributed by atoms with Gasteiger partial charge in [-0.25, -0.2) is 0 Å². The van der Waals surface area contributed by atoms with E-state index in [0.29, 0.717) is 22.9 Å². The highest BCUT2D eigenvalue weighted by atomic mass is 35.5. The Kier molecular flexibility index (Phi) is 5.25. The zero-order valence-corrected chi connectivity index (χ0v) is 11.0. The normalized spacial score (nSPS) is 10.4. The number of hydrogen-bond acceptors (Lipinski definition) is 3. The molecule has 0 atom stereocenters. The highest BCUT2D eigenvalue weighted by Crippen LogP contribution is 2.24. The average molecular weight is 257 g/mol. The van der Waals surface area contributed by atoms with Gasteiger partial charge in [0.1, 0.15) is 5.75 Å². The number of methoxy groups -OCH3 is 1. The number of hydrogen-bond donors (Lipinski definition) is 1. The molecule has 94 valence electrons. The Balaban J connectivity index is 2.60. The number of carbonyl (C=O) groups is 1. The fourth-order valence-corrected chi connectivity index (χ4v) is 1.56. The molecule has 1 aromatic rings. The van der Waals surface area contributed by atoms with E-state index in [1.165, 1.54) is 7.11 Å². The molecule has 5 heteroatoms. The van der Waals surface area contributed by atoms with Crippen molar-refractivity contribution in [3.8, 4) is 5.75 Å². The van der Waals surface area contributed by atoms with Crippen LogP contribution in [0.25, 0.3) is 0 Å². The van der Waals surface area contributed by atoms with Crippen molar-refractivity contribution in [2.45, 2.75) is 0 Å². The van der Waals surface area contributed by atoms with E-state index in [1.54, 1.807) is 18.2 Å². The van der Waals surface area contributed by atoms with Crippen LogP contribution in [0.1, 0.15) is 10.4 Å². The van der Waals surface area contributed by atoms with Gasteiger partial charge in [0.25, 0.3) is 5.91 Å². The van der Waals surface area contributed by atoms with Gasteiger partial charge in [-0.05, 0) is 32.3 Å². The smallest absolute Gasteiger partial charge is 0.251 e. The number of halogens is 1. The maximum atomic E-state index is 11.7. The van der Waals surface area contributed by atoms with E-state index in [0.717, 1.165) is 6.54 Å². The lowest BCUT2D eigenvalue weighted by Gasteiger charge is -2.11. The Morgan fingerprint density at radius 3 is 2.71 bits per heavy atom. The Morgan fingerprint density at radius 1 is 1.47 bits per heavy atom. The van der Waals surface area contributed by atoms with Crippen LogP contribution in [-0.4, -0.2) is 45.1 Å². The van der Waals surface area contributed by atoms with Gasteiger partial charge >= 0.3 is 0 Å². The van der Waals surface area contributed by atoms with Crippen molar-refractivity contribution in [2.24, 2.45) is 0 Å². The molecule has 0 aromatic heterocycles. The summed E-state index contributed by atoms with van der Waals surface area (Å²) in [4.78, 5) is 13.8. The zero-order valence-electron chi connectivity index (χ0n) is 10.3. The summed E-state index contributed by atoms with van der Waals surface area (Å²) in [6.45, 7) is 1.41. The van der Waals surface area contributed by atoms with Crippen LogP contribution in [0.3, 0.4) is 0 Å². The minimum absolute atomic E-state index is 0.128. The van der Waals surface area contributed by atoms with Crippen LogP contribution in [0.5, 0.6) is 5.75 Å². The van der Waals surface area contributed by atoms with E-state index in [2.05, 4.69) is 5.32 Å². The van der Waals surface area contributed by atoms with Crippen LogP contribution in [0.2, 0.25) is 5.02 Å². The van der Waals surface area contributed by atoms with Crippen molar-refractivity contribution >= 4 is 17.5 Å². The van der Waals surface area contributed by atoms with Crippen LogP contribution in [0.15, 0.2) is 18.2 Å². The van der Waals surface area contributed by atoms with Gasteiger partial charge in [-0.2, -0.15) is 0 Å². The summed E-state index contributed by atoms with van der Waals surface area (Å²) >= 11 is 5.94. The number of rotatable bonds is 5. The summed E-state index contributed by atoms with van der Waals surface area (Å²) in [6, 6.07) is 4.98. The molecular weight excluding hydrogens is 240 g/mol. The van der Waals surface area contributed by atoms with Crippen LogP contribution in [0.4, 0.5) is 0 Å². The van der Waals surface area contributed by atoms with Crippen molar-refractivity contribution in [3.63, 3.8) is 0 Å². The Labute approximate surface area is 107 Å². The van der Waals surface area contributed by atoms with Crippen molar-refractivity contribution in [1.82, 2.24) is 10.2 Å². The van der Waals surface area contributed by atoms with Gasteiger partial charge in [0, 0.05) is 18.7 Å². The van der Waals surface area contributed by atoms with Crippen LogP contribution in [0, 0.1) is 0 Å². The van der Waals surface area contributed by atoms with Gasteiger partial charge in [0.2, 0.25) is 0 Å². The molecule has 0 saturated carbocycles. The first-order valence-electron chi connectivity index (χ1n) is 5.31. The molecule has 0 fully saturated rings. The van der Waals surface area contributed by atoms with E-state index < -0.39 is 0 Å². The summed E-state index contributed by atoms with van der Waals surface area (Å²) < 4.78 is 5.02. The average Bonchev–Trinajstić information content (AvgIpc) is 2.28. The maximum absolute atomic E-state index is 11.7. The predicted molar refractivity (Wildman–Crippen MR) is 68.9 cm³/mol. The van der Waals surface area contributed by atoms with Gasteiger partial charge in [-0.3, -0.25) is 4.79 Å². The van der Waals surface area contributed by atoms with Crippen molar-refractivity contribution in [3.05, 3.63) is 28.8 Å².